The highest BCUT2D eigenvalue weighted by Gasteiger charge is 2.18. The highest BCUT2D eigenvalue weighted by atomic mass is 35.5. The number of carbonyl (C=O) groups is 1. The van der Waals surface area contributed by atoms with Crippen molar-refractivity contribution in [1.29, 1.82) is 0 Å². The molecule has 0 aliphatic rings. The van der Waals surface area contributed by atoms with Crippen molar-refractivity contribution in [2.45, 2.75) is 20.8 Å². The molecule has 0 radical (unpaired) electrons. The molecule has 2 nitrogen and oxygen atoms in total. The number of benzene rings is 1. The minimum absolute atomic E-state index is 0.110. The van der Waals surface area contributed by atoms with Gasteiger partial charge in [-0.1, -0.05) is 23.2 Å². The van der Waals surface area contributed by atoms with Crippen molar-refractivity contribution in [2.75, 3.05) is 6.61 Å². The number of thiophene rings is 1. The van der Waals surface area contributed by atoms with Crippen LogP contribution in [0.2, 0.25) is 10.0 Å². The summed E-state index contributed by atoms with van der Waals surface area (Å²) >= 11 is 13.8. The van der Waals surface area contributed by atoms with Crippen LogP contribution < -0.4 is 4.74 Å². The van der Waals surface area contributed by atoms with Gasteiger partial charge in [-0.05, 0) is 38.5 Å². The fourth-order valence-electron chi connectivity index (χ4n) is 1.79. The molecule has 0 aliphatic carbocycles. The quantitative estimate of drug-likeness (QED) is 0.711. The summed E-state index contributed by atoms with van der Waals surface area (Å²) in [7, 11) is 0. The van der Waals surface area contributed by atoms with Crippen LogP contribution in [-0.2, 0) is 0 Å². The molecule has 1 aromatic heterocycles. The Morgan fingerprint density at radius 1 is 1.20 bits per heavy atom. The lowest BCUT2D eigenvalue weighted by atomic mass is 10.1. The van der Waals surface area contributed by atoms with E-state index < -0.39 is 0 Å². The van der Waals surface area contributed by atoms with Gasteiger partial charge in [0.2, 0.25) is 5.78 Å². The first-order valence-electron chi connectivity index (χ1n) is 6.17. The van der Waals surface area contributed by atoms with E-state index in [-0.39, 0.29) is 5.78 Å². The third-order valence-corrected chi connectivity index (χ3v) is 4.72. The first-order valence-corrected chi connectivity index (χ1v) is 7.74. The van der Waals surface area contributed by atoms with Crippen molar-refractivity contribution in [3.05, 3.63) is 49.1 Å². The predicted molar refractivity (Wildman–Crippen MR) is 84.9 cm³/mol. The van der Waals surface area contributed by atoms with Crippen LogP contribution in [0.5, 0.6) is 5.75 Å². The summed E-state index contributed by atoms with van der Waals surface area (Å²) in [5.74, 6) is 0.385. The topological polar surface area (TPSA) is 26.3 Å². The van der Waals surface area contributed by atoms with Crippen LogP contribution in [0, 0.1) is 13.8 Å². The average Bonchev–Trinajstić information content (AvgIpc) is 2.73. The zero-order valence-corrected chi connectivity index (χ0v) is 13.7. The predicted octanol–water partition coefficient (Wildman–Crippen LogP) is 5.30. The van der Waals surface area contributed by atoms with Crippen molar-refractivity contribution in [1.82, 2.24) is 0 Å². The van der Waals surface area contributed by atoms with Crippen molar-refractivity contribution in [2.24, 2.45) is 0 Å². The standard InChI is InChI=1S/C15H14Cl2O2S/c1-4-19-13-7-11(16)10(6-12(13)17)15(18)14-5-8(2)9(3)20-14/h5-7H,4H2,1-3H3. The van der Waals surface area contributed by atoms with E-state index in [1.54, 1.807) is 12.1 Å². The van der Waals surface area contributed by atoms with Crippen LogP contribution >= 0.6 is 34.5 Å². The van der Waals surface area contributed by atoms with Gasteiger partial charge in [0, 0.05) is 16.5 Å². The van der Waals surface area contributed by atoms with Crippen LogP contribution in [-0.4, -0.2) is 12.4 Å². The molecule has 0 fully saturated rings. The summed E-state index contributed by atoms with van der Waals surface area (Å²) in [4.78, 5) is 14.3. The van der Waals surface area contributed by atoms with Crippen molar-refractivity contribution < 1.29 is 9.53 Å². The molecular formula is C15H14Cl2O2S. The molecule has 0 amide bonds. The lowest BCUT2D eigenvalue weighted by Gasteiger charge is -2.09. The van der Waals surface area contributed by atoms with E-state index in [2.05, 4.69) is 0 Å². The Morgan fingerprint density at radius 3 is 2.45 bits per heavy atom. The highest BCUT2D eigenvalue weighted by Crippen LogP contribution is 2.33. The second-order valence-electron chi connectivity index (χ2n) is 4.37. The molecule has 0 unspecified atom stereocenters. The van der Waals surface area contributed by atoms with Crippen molar-refractivity contribution in [3.63, 3.8) is 0 Å². The summed E-state index contributed by atoms with van der Waals surface area (Å²) in [5, 5.41) is 0.746. The maximum Gasteiger partial charge on any atom is 0.204 e. The molecule has 1 aromatic carbocycles. The summed E-state index contributed by atoms with van der Waals surface area (Å²) in [6.45, 7) is 6.33. The molecule has 2 rings (SSSR count). The molecular weight excluding hydrogens is 315 g/mol. The number of ketones is 1. The van der Waals surface area contributed by atoms with Crippen molar-refractivity contribution in [3.8, 4) is 5.75 Å². The SMILES string of the molecule is CCOc1cc(Cl)c(C(=O)c2cc(C)c(C)s2)cc1Cl. The van der Waals surface area contributed by atoms with Gasteiger partial charge >= 0.3 is 0 Å². The second kappa shape index (κ2) is 6.17. The summed E-state index contributed by atoms with van der Waals surface area (Å²) in [5.41, 5.74) is 1.51. The Hall–Kier alpha value is -1.03. The molecule has 0 spiro atoms. The lowest BCUT2D eigenvalue weighted by molar-refractivity contribution is 0.104. The van der Waals surface area contributed by atoms with E-state index in [1.165, 1.54) is 11.3 Å². The van der Waals surface area contributed by atoms with E-state index >= 15 is 0 Å². The maximum absolute atomic E-state index is 12.5. The molecule has 0 aliphatic heterocycles. The van der Waals surface area contributed by atoms with Crippen LogP contribution in [0.1, 0.15) is 32.6 Å². The van der Waals surface area contributed by atoms with Crippen LogP contribution in [0.4, 0.5) is 0 Å². The number of carbonyl (C=O) groups excluding carboxylic acids is 1. The van der Waals surface area contributed by atoms with Gasteiger partial charge in [-0.15, -0.1) is 11.3 Å². The number of halogens is 2. The minimum Gasteiger partial charge on any atom is -0.492 e. The van der Waals surface area contributed by atoms with Gasteiger partial charge < -0.3 is 4.74 Å². The molecule has 20 heavy (non-hydrogen) atoms. The van der Waals surface area contributed by atoms with Gasteiger partial charge in [0.25, 0.3) is 0 Å². The van der Waals surface area contributed by atoms with E-state index in [0.29, 0.717) is 32.8 Å². The molecule has 1 heterocycles. The fraction of sp³-hybridized carbons (Fsp3) is 0.267. The first-order chi connectivity index (χ1) is 9.43. The maximum atomic E-state index is 12.5. The molecule has 0 bridgehead atoms. The van der Waals surface area contributed by atoms with Gasteiger partial charge in [0.1, 0.15) is 5.75 Å². The summed E-state index contributed by atoms with van der Waals surface area (Å²) in [6, 6.07) is 5.04. The Balaban J connectivity index is 2.42. The Bertz CT molecular complexity index is 643. The molecule has 0 saturated carbocycles. The smallest absolute Gasteiger partial charge is 0.204 e. The zero-order valence-electron chi connectivity index (χ0n) is 11.4. The second-order valence-corrected chi connectivity index (χ2v) is 6.45. The van der Waals surface area contributed by atoms with Crippen molar-refractivity contribution >= 4 is 40.3 Å². The summed E-state index contributed by atoms with van der Waals surface area (Å²) < 4.78 is 5.36. The van der Waals surface area contributed by atoms with E-state index in [9.17, 15) is 4.79 Å². The molecule has 106 valence electrons. The number of ether oxygens (including phenoxy) is 1. The first kappa shape index (κ1) is 15.4. The zero-order chi connectivity index (χ0) is 14.9. The van der Waals surface area contributed by atoms with E-state index in [4.69, 9.17) is 27.9 Å². The number of aryl methyl sites for hydroxylation is 2. The average molecular weight is 329 g/mol. The third-order valence-electron chi connectivity index (χ3n) is 2.96. The summed E-state index contributed by atoms with van der Waals surface area (Å²) in [6.07, 6.45) is 0. The van der Waals surface area contributed by atoms with Gasteiger partial charge in [-0.2, -0.15) is 0 Å². The Morgan fingerprint density at radius 2 is 1.90 bits per heavy atom. The van der Waals surface area contributed by atoms with Crippen LogP contribution in [0.15, 0.2) is 18.2 Å². The number of hydrogen-bond donors (Lipinski definition) is 0. The van der Waals surface area contributed by atoms with Gasteiger partial charge in [-0.3, -0.25) is 4.79 Å². The monoisotopic (exact) mass is 328 g/mol. The molecule has 0 saturated heterocycles. The van der Waals surface area contributed by atoms with Gasteiger partial charge in [0.05, 0.1) is 21.5 Å². The number of hydrogen-bond acceptors (Lipinski definition) is 3. The Labute approximate surface area is 132 Å². The Kier molecular flexibility index (Phi) is 4.74. The minimum atomic E-state index is -0.110. The molecule has 0 atom stereocenters. The van der Waals surface area contributed by atoms with E-state index in [0.717, 1.165) is 10.4 Å². The van der Waals surface area contributed by atoms with Crippen LogP contribution in [0.25, 0.3) is 0 Å². The normalized spacial score (nSPS) is 10.7. The lowest BCUT2D eigenvalue weighted by Crippen LogP contribution is -2.01. The van der Waals surface area contributed by atoms with Gasteiger partial charge in [0.15, 0.2) is 0 Å². The van der Waals surface area contributed by atoms with Gasteiger partial charge in [-0.25, -0.2) is 0 Å². The fourth-order valence-corrected chi connectivity index (χ4v) is 3.23. The van der Waals surface area contributed by atoms with Crippen LogP contribution in [0.3, 0.4) is 0 Å². The largest absolute Gasteiger partial charge is 0.492 e. The number of rotatable bonds is 4. The third kappa shape index (κ3) is 3.00. The highest BCUT2D eigenvalue weighted by molar-refractivity contribution is 7.14. The molecule has 2 aromatic rings. The molecule has 5 heteroatoms. The van der Waals surface area contributed by atoms with E-state index in [1.807, 2.05) is 26.8 Å². The molecule has 0 N–H and O–H groups in total.